The second-order valence-corrected chi connectivity index (χ2v) is 6.05. The number of nitrogens with zero attached hydrogens (tertiary/aromatic N) is 2. The Kier molecular flexibility index (Phi) is 4.67. The highest BCUT2D eigenvalue weighted by molar-refractivity contribution is 6.41. The largest absolute Gasteiger partial charge is 0.328 e. The number of benzene rings is 2. The van der Waals surface area contributed by atoms with Crippen molar-refractivity contribution in [1.29, 1.82) is 0 Å². The number of hydrogen-bond donors (Lipinski definition) is 0. The Morgan fingerprint density at radius 2 is 1.79 bits per heavy atom. The molecule has 0 bridgehead atoms. The molecule has 122 valence electrons. The van der Waals surface area contributed by atoms with Gasteiger partial charge in [0.1, 0.15) is 0 Å². The summed E-state index contributed by atoms with van der Waals surface area (Å²) in [5.74, 6) is -1.01. The van der Waals surface area contributed by atoms with Gasteiger partial charge in [0.15, 0.2) is 0 Å². The summed E-state index contributed by atoms with van der Waals surface area (Å²) < 4.78 is 0. The lowest BCUT2D eigenvalue weighted by Crippen LogP contribution is -2.54. The van der Waals surface area contributed by atoms with Gasteiger partial charge in [-0.25, -0.2) is 0 Å². The number of rotatable bonds is 4. The minimum Gasteiger partial charge on any atom is -0.328 e. The van der Waals surface area contributed by atoms with E-state index in [-0.39, 0.29) is 0 Å². The van der Waals surface area contributed by atoms with Crippen LogP contribution >= 0.6 is 11.6 Å². The molecule has 3 rings (SSSR count). The van der Waals surface area contributed by atoms with Crippen molar-refractivity contribution in [3.05, 3.63) is 71.3 Å². The normalized spacial score (nSPS) is 14.9. The lowest BCUT2D eigenvalue weighted by atomic mass is 10.1. The van der Waals surface area contributed by atoms with Crippen molar-refractivity contribution in [2.24, 2.45) is 0 Å². The molecule has 0 saturated carbocycles. The van der Waals surface area contributed by atoms with Crippen LogP contribution < -0.4 is 4.90 Å². The van der Waals surface area contributed by atoms with Crippen molar-refractivity contribution in [3.63, 3.8) is 0 Å². The van der Waals surface area contributed by atoms with Gasteiger partial charge in [0.05, 0.1) is 0 Å². The first kappa shape index (κ1) is 16.3. The molecule has 0 radical (unpaired) electrons. The Morgan fingerprint density at radius 3 is 2.46 bits per heavy atom. The molecule has 0 aliphatic carbocycles. The third kappa shape index (κ3) is 3.34. The average Bonchev–Trinajstić information content (AvgIpc) is 2.60. The first-order valence-corrected chi connectivity index (χ1v) is 8.04. The molecule has 1 fully saturated rings. The quantitative estimate of drug-likeness (QED) is 0.801. The van der Waals surface area contributed by atoms with E-state index in [9.17, 15) is 9.59 Å². The number of anilines is 1. The zero-order chi connectivity index (χ0) is 17.1. The topological polar surface area (TPSA) is 40.6 Å². The van der Waals surface area contributed by atoms with Gasteiger partial charge in [0.2, 0.25) is 0 Å². The van der Waals surface area contributed by atoms with Crippen molar-refractivity contribution >= 4 is 35.2 Å². The Bertz CT molecular complexity index is 786. The van der Waals surface area contributed by atoms with E-state index in [1.165, 1.54) is 4.90 Å². The summed E-state index contributed by atoms with van der Waals surface area (Å²) in [4.78, 5) is 27.9. The van der Waals surface area contributed by atoms with Gasteiger partial charge < -0.3 is 9.80 Å². The smallest absolute Gasteiger partial charge is 0.316 e. The van der Waals surface area contributed by atoms with Gasteiger partial charge >= 0.3 is 11.8 Å². The molecule has 0 aromatic heterocycles. The first-order chi connectivity index (χ1) is 11.6. The van der Waals surface area contributed by atoms with Crippen LogP contribution in [0.25, 0.3) is 6.08 Å². The summed E-state index contributed by atoms with van der Waals surface area (Å²) >= 11 is 5.97. The molecule has 2 aromatic carbocycles. The molecule has 5 heteroatoms. The highest BCUT2D eigenvalue weighted by Gasteiger charge is 2.33. The molecule has 1 aliphatic heterocycles. The summed E-state index contributed by atoms with van der Waals surface area (Å²) in [5, 5.41) is 0.539. The molecule has 0 spiro atoms. The molecule has 1 saturated heterocycles. The molecule has 4 nitrogen and oxygen atoms in total. The van der Waals surface area contributed by atoms with Crippen molar-refractivity contribution in [3.8, 4) is 0 Å². The van der Waals surface area contributed by atoms with Gasteiger partial charge in [0, 0.05) is 30.3 Å². The number of amides is 2. The molecule has 0 atom stereocenters. The second kappa shape index (κ2) is 6.89. The zero-order valence-corrected chi connectivity index (χ0v) is 13.9. The Hall–Kier alpha value is -2.59. The van der Waals surface area contributed by atoms with E-state index in [0.717, 1.165) is 11.1 Å². The summed E-state index contributed by atoms with van der Waals surface area (Å²) in [6.07, 6.45) is 1.77. The summed E-state index contributed by atoms with van der Waals surface area (Å²) in [7, 11) is 0. The number of carbonyl (C=O) groups is 2. The number of hydrogen-bond acceptors (Lipinski definition) is 2. The van der Waals surface area contributed by atoms with Crippen molar-refractivity contribution < 1.29 is 9.59 Å². The predicted molar refractivity (Wildman–Crippen MR) is 95.8 cm³/mol. The maximum absolute atomic E-state index is 12.4. The molecular weight excluding hydrogens is 324 g/mol. The van der Waals surface area contributed by atoms with E-state index in [1.54, 1.807) is 35.2 Å². The van der Waals surface area contributed by atoms with Crippen LogP contribution in [0.1, 0.15) is 11.1 Å². The second-order valence-electron chi connectivity index (χ2n) is 5.61. The maximum Gasteiger partial charge on any atom is 0.316 e. The number of piperazine rings is 1. The minimum atomic E-state index is -0.522. The lowest BCUT2D eigenvalue weighted by molar-refractivity contribution is -0.146. The van der Waals surface area contributed by atoms with Crippen LogP contribution in [0.15, 0.2) is 55.1 Å². The van der Waals surface area contributed by atoms with Crippen molar-refractivity contribution in [1.82, 2.24) is 4.90 Å². The van der Waals surface area contributed by atoms with Crippen molar-refractivity contribution in [2.45, 2.75) is 6.54 Å². The van der Waals surface area contributed by atoms with E-state index in [4.69, 9.17) is 11.6 Å². The van der Waals surface area contributed by atoms with Gasteiger partial charge in [-0.15, -0.1) is 0 Å². The van der Waals surface area contributed by atoms with E-state index in [1.807, 2.05) is 24.3 Å². The Labute approximate surface area is 145 Å². The highest BCUT2D eigenvalue weighted by atomic mass is 35.5. The molecule has 2 amide bonds. The zero-order valence-electron chi connectivity index (χ0n) is 13.1. The van der Waals surface area contributed by atoms with E-state index in [0.29, 0.717) is 30.3 Å². The molecule has 24 heavy (non-hydrogen) atoms. The molecule has 1 heterocycles. The van der Waals surface area contributed by atoms with Gasteiger partial charge in [-0.1, -0.05) is 54.6 Å². The van der Waals surface area contributed by atoms with E-state index >= 15 is 0 Å². The molecular formula is C19H17ClN2O2. The standard InChI is InChI=1S/C19H17ClN2O2/c1-2-14-6-8-15(9-7-14)13-21-10-11-22(19(24)18(21)23)17-5-3-4-16(20)12-17/h2-9,12H,1,10-11,13H2. The summed E-state index contributed by atoms with van der Waals surface area (Å²) in [6.45, 7) is 5.08. The van der Waals surface area contributed by atoms with E-state index < -0.39 is 11.8 Å². The lowest BCUT2D eigenvalue weighted by Gasteiger charge is -2.33. The Balaban J connectivity index is 1.72. The van der Waals surface area contributed by atoms with Gasteiger partial charge in [-0.05, 0) is 29.3 Å². The van der Waals surface area contributed by atoms with Crippen LogP contribution in [0.4, 0.5) is 5.69 Å². The maximum atomic E-state index is 12.4. The fourth-order valence-corrected chi connectivity index (χ4v) is 2.88. The molecule has 2 aromatic rings. The van der Waals surface area contributed by atoms with Gasteiger partial charge in [0.25, 0.3) is 0 Å². The predicted octanol–water partition coefficient (Wildman–Crippen LogP) is 3.36. The monoisotopic (exact) mass is 340 g/mol. The van der Waals surface area contributed by atoms with Crippen LogP contribution in [-0.2, 0) is 16.1 Å². The Morgan fingerprint density at radius 1 is 1.04 bits per heavy atom. The third-order valence-corrected chi connectivity index (χ3v) is 4.25. The van der Waals surface area contributed by atoms with Crippen LogP contribution in [0.3, 0.4) is 0 Å². The van der Waals surface area contributed by atoms with Crippen LogP contribution in [0, 0.1) is 0 Å². The first-order valence-electron chi connectivity index (χ1n) is 7.66. The van der Waals surface area contributed by atoms with Crippen LogP contribution in [0.5, 0.6) is 0 Å². The highest BCUT2D eigenvalue weighted by Crippen LogP contribution is 2.22. The summed E-state index contributed by atoms with van der Waals surface area (Å²) in [5.41, 5.74) is 2.65. The fourth-order valence-electron chi connectivity index (χ4n) is 2.70. The fraction of sp³-hybridized carbons (Fsp3) is 0.158. The van der Waals surface area contributed by atoms with Gasteiger partial charge in [-0.2, -0.15) is 0 Å². The third-order valence-electron chi connectivity index (χ3n) is 4.02. The SMILES string of the molecule is C=Cc1ccc(CN2CCN(c3cccc(Cl)c3)C(=O)C2=O)cc1. The van der Waals surface area contributed by atoms with Crippen LogP contribution in [0.2, 0.25) is 5.02 Å². The number of halogens is 1. The van der Waals surface area contributed by atoms with Crippen LogP contribution in [-0.4, -0.2) is 29.8 Å². The molecule has 1 aliphatic rings. The molecule has 0 unspecified atom stereocenters. The average molecular weight is 341 g/mol. The summed E-state index contributed by atoms with van der Waals surface area (Å²) in [6, 6.07) is 14.7. The van der Waals surface area contributed by atoms with Crippen molar-refractivity contribution in [2.75, 3.05) is 18.0 Å². The number of carbonyl (C=O) groups excluding carboxylic acids is 2. The van der Waals surface area contributed by atoms with E-state index in [2.05, 4.69) is 6.58 Å². The minimum absolute atomic E-state index is 0.422. The van der Waals surface area contributed by atoms with Gasteiger partial charge in [-0.3, -0.25) is 9.59 Å². The molecule has 0 N–H and O–H groups in total.